The van der Waals surface area contributed by atoms with Gasteiger partial charge in [0.2, 0.25) is 15.7 Å². The molecular formula is C25H29N7O3S. The quantitative estimate of drug-likeness (QED) is 0.392. The highest BCUT2D eigenvalue weighted by Crippen LogP contribution is 2.32. The third kappa shape index (κ3) is 4.45. The van der Waals surface area contributed by atoms with Gasteiger partial charge in [-0.2, -0.15) is 9.40 Å². The van der Waals surface area contributed by atoms with Gasteiger partial charge < -0.3 is 9.64 Å². The molecule has 1 aliphatic heterocycles. The molecule has 3 heterocycles. The van der Waals surface area contributed by atoms with E-state index < -0.39 is 10.0 Å². The molecule has 1 saturated heterocycles. The smallest absolute Gasteiger partial charge is 0.243 e. The first kappa shape index (κ1) is 24.3. The largest absolute Gasteiger partial charge is 0.493 e. The number of aromatic nitrogens is 5. The van der Waals surface area contributed by atoms with Crippen molar-refractivity contribution < 1.29 is 13.2 Å². The second-order valence-corrected chi connectivity index (χ2v) is 10.9. The fourth-order valence-corrected chi connectivity index (χ4v) is 5.68. The summed E-state index contributed by atoms with van der Waals surface area (Å²) in [6.45, 7) is 8.45. The van der Waals surface area contributed by atoms with Gasteiger partial charge in [-0.1, -0.05) is 17.7 Å². The summed E-state index contributed by atoms with van der Waals surface area (Å²) in [5, 5.41) is 13.4. The number of rotatable bonds is 6. The van der Waals surface area contributed by atoms with E-state index in [2.05, 4.69) is 20.2 Å². The number of benzene rings is 2. The maximum atomic E-state index is 13.4. The molecule has 0 saturated carbocycles. The Bertz CT molecular complexity index is 1510. The van der Waals surface area contributed by atoms with Crippen LogP contribution in [0, 0.1) is 13.8 Å². The summed E-state index contributed by atoms with van der Waals surface area (Å²) in [6, 6.07) is 12.8. The molecule has 0 spiro atoms. The number of hydrogen-bond acceptors (Lipinski definition) is 8. The molecule has 0 N–H and O–H groups in total. The topological polar surface area (TPSA) is 106 Å². The van der Waals surface area contributed by atoms with Crippen LogP contribution in [0.4, 0.5) is 0 Å². The highest BCUT2D eigenvalue weighted by atomic mass is 32.2. The molecule has 2 aromatic heterocycles. The normalized spacial score (nSPS) is 15.4. The first-order valence-electron chi connectivity index (χ1n) is 11.9. The molecule has 5 rings (SSSR count). The molecule has 188 valence electrons. The van der Waals surface area contributed by atoms with Crippen molar-refractivity contribution >= 4 is 21.2 Å². The Morgan fingerprint density at radius 1 is 0.972 bits per heavy atom. The van der Waals surface area contributed by atoms with Crippen LogP contribution in [0.15, 0.2) is 47.4 Å². The van der Waals surface area contributed by atoms with E-state index >= 15 is 0 Å². The summed E-state index contributed by atoms with van der Waals surface area (Å²) >= 11 is 0. The summed E-state index contributed by atoms with van der Waals surface area (Å²) in [5.41, 5.74) is 4.30. The second-order valence-electron chi connectivity index (χ2n) is 8.94. The van der Waals surface area contributed by atoms with Gasteiger partial charge in [-0.05, 0) is 58.2 Å². The van der Waals surface area contributed by atoms with Crippen molar-refractivity contribution in [2.24, 2.45) is 0 Å². The van der Waals surface area contributed by atoms with Gasteiger partial charge >= 0.3 is 0 Å². The molecule has 0 bridgehead atoms. The molecule has 2 aromatic carbocycles. The van der Waals surface area contributed by atoms with Crippen molar-refractivity contribution in [2.75, 3.05) is 39.8 Å². The van der Waals surface area contributed by atoms with Crippen molar-refractivity contribution in [3.8, 4) is 22.8 Å². The average molecular weight is 508 g/mol. The summed E-state index contributed by atoms with van der Waals surface area (Å²) in [6.07, 6.45) is 0. The zero-order valence-electron chi connectivity index (χ0n) is 20.8. The molecule has 10 nitrogen and oxygen atoms in total. The van der Waals surface area contributed by atoms with Gasteiger partial charge in [-0.15, -0.1) is 10.2 Å². The number of hydrogen-bond donors (Lipinski definition) is 0. The molecule has 0 amide bonds. The third-order valence-corrected chi connectivity index (χ3v) is 8.23. The average Bonchev–Trinajstić information content (AvgIpc) is 3.21. The molecule has 4 aromatic rings. The summed E-state index contributed by atoms with van der Waals surface area (Å²) in [4.78, 5) is 7.04. The lowest BCUT2D eigenvalue weighted by atomic mass is 10.2. The second kappa shape index (κ2) is 9.57. The Morgan fingerprint density at radius 3 is 2.39 bits per heavy atom. The summed E-state index contributed by atoms with van der Waals surface area (Å²) < 4.78 is 35.8. The van der Waals surface area contributed by atoms with Gasteiger partial charge in [-0.3, -0.25) is 0 Å². The minimum Gasteiger partial charge on any atom is -0.493 e. The molecule has 11 heteroatoms. The fraction of sp³-hybridized carbons (Fsp3) is 0.360. The van der Waals surface area contributed by atoms with Gasteiger partial charge in [0.25, 0.3) is 0 Å². The number of likely N-dealkylation sites (N-methyl/N-ethyl adjacent to an activating group) is 1. The van der Waals surface area contributed by atoms with E-state index in [9.17, 15) is 8.42 Å². The lowest BCUT2D eigenvalue weighted by Crippen LogP contribution is -2.47. The van der Waals surface area contributed by atoms with E-state index in [1.165, 1.54) is 4.31 Å². The number of fused-ring (bicyclic) bond motifs is 1. The maximum Gasteiger partial charge on any atom is 0.243 e. The zero-order chi connectivity index (χ0) is 25.4. The Balaban J connectivity index is 1.58. The Labute approximate surface area is 210 Å². The Morgan fingerprint density at radius 2 is 1.69 bits per heavy atom. The van der Waals surface area contributed by atoms with Crippen LogP contribution in [-0.4, -0.2) is 82.4 Å². The lowest BCUT2D eigenvalue weighted by molar-refractivity contribution is 0.222. The number of nitrogens with zero attached hydrogens (tertiary/aromatic N) is 7. The standard InChI is InChI=1S/C25H29N7O3S/c1-5-35-22-11-10-20(36(33,34)31-14-12-30(4)13-15-31)16-21(22)24-26-23-18(3)29-32(25(23)28-27-24)19-8-6-17(2)7-9-19/h6-11,16H,5,12-15H2,1-4H3. The minimum atomic E-state index is -3.68. The molecule has 0 radical (unpaired) electrons. The van der Waals surface area contributed by atoms with E-state index in [4.69, 9.17) is 9.72 Å². The van der Waals surface area contributed by atoms with Gasteiger partial charge in [0.1, 0.15) is 11.3 Å². The predicted molar refractivity (Wildman–Crippen MR) is 137 cm³/mol. The number of piperazine rings is 1. The highest BCUT2D eigenvalue weighted by molar-refractivity contribution is 7.89. The van der Waals surface area contributed by atoms with Crippen LogP contribution in [0.3, 0.4) is 0 Å². The van der Waals surface area contributed by atoms with Crippen molar-refractivity contribution in [1.29, 1.82) is 0 Å². The van der Waals surface area contributed by atoms with E-state index in [0.717, 1.165) is 11.3 Å². The molecular weight excluding hydrogens is 478 g/mol. The Hall–Kier alpha value is -3.41. The van der Waals surface area contributed by atoms with Gasteiger partial charge in [-0.25, -0.2) is 18.1 Å². The number of sulfonamides is 1. The van der Waals surface area contributed by atoms with E-state index in [1.807, 2.05) is 52.1 Å². The van der Waals surface area contributed by atoms with E-state index in [1.54, 1.807) is 22.9 Å². The Kier molecular flexibility index (Phi) is 6.45. The van der Waals surface area contributed by atoms with Crippen LogP contribution in [0.2, 0.25) is 0 Å². The van der Waals surface area contributed by atoms with Crippen LogP contribution in [0.1, 0.15) is 18.2 Å². The first-order chi connectivity index (χ1) is 17.3. The van der Waals surface area contributed by atoms with E-state index in [-0.39, 0.29) is 10.7 Å². The number of ether oxygens (including phenoxy) is 1. The fourth-order valence-electron chi connectivity index (χ4n) is 4.23. The monoisotopic (exact) mass is 507 g/mol. The molecule has 0 unspecified atom stereocenters. The van der Waals surface area contributed by atoms with Gasteiger partial charge in [0, 0.05) is 26.2 Å². The van der Waals surface area contributed by atoms with Crippen LogP contribution in [-0.2, 0) is 10.0 Å². The van der Waals surface area contributed by atoms with Crippen molar-refractivity contribution in [2.45, 2.75) is 25.7 Å². The van der Waals surface area contributed by atoms with Crippen molar-refractivity contribution in [3.05, 3.63) is 53.7 Å². The molecule has 1 fully saturated rings. The van der Waals surface area contributed by atoms with E-state index in [0.29, 0.717) is 61.0 Å². The maximum absolute atomic E-state index is 13.4. The van der Waals surface area contributed by atoms with Crippen LogP contribution >= 0.6 is 0 Å². The summed E-state index contributed by atoms with van der Waals surface area (Å²) in [7, 11) is -1.69. The minimum absolute atomic E-state index is 0.182. The predicted octanol–water partition coefficient (Wildman–Crippen LogP) is 2.83. The molecule has 0 aliphatic carbocycles. The molecule has 1 aliphatic rings. The zero-order valence-corrected chi connectivity index (χ0v) is 21.7. The lowest BCUT2D eigenvalue weighted by Gasteiger charge is -2.31. The number of aryl methyl sites for hydroxylation is 2. The molecule has 0 atom stereocenters. The van der Waals surface area contributed by atoms with Crippen LogP contribution in [0.5, 0.6) is 5.75 Å². The van der Waals surface area contributed by atoms with Crippen LogP contribution < -0.4 is 4.74 Å². The molecule has 36 heavy (non-hydrogen) atoms. The van der Waals surface area contributed by atoms with Gasteiger partial charge in [0.15, 0.2) is 5.82 Å². The van der Waals surface area contributed by atoms with Crippen molar-refractivity contribution in [3.63, 3.8) is 0 Å². The third-order valence-electron chi connectivity index (χ3n) is 6.33. The summed E-state index contributed by atoms with van der Waals surface area (Å²) in [5.74, 6) is 0.785. The first-order valence-corrected chi connectivity index (χ1v) is 13.3. The van der Waals surface area contributed by atoms with Crippen molar-refractivity contribution in [1.82, 2.24) is 34.2 Å². The van der Waals surface area contributed by atoms with Crippen LogP contribution in [0.25, 0.3) is 28.2 Å². The van der Waals surface area contributed by atoms with Gasteiger partial charge in [0.05, 0.1) is 28.4 Å². The highest BCUT2D eigenvalue weighted by Gasteiger charge is 2.29. The SMILES string of the molecule is CCOc1ccc(S(=O)(=O)N2CCN(C)CC2)cc1-c1nnc2c(n1)c(C)nn2-c1ccc(C)cc1.